The standard InChI is InChI=1S/C14H8FI2N4PS/c15-8-1-2-9-11(6-21(12(9)5-8)23-22(16)17)13-10-3-4-18-14(10)20-7-19-13/h1-7H,(H,18,19,20). The molecule has 0 aliphatic carbocycles. The number of benzene rings is 1. The van der Waals surface area contributed by atoms with Crippen LogP contribution in [0.2, 0.25) is 0 Å². The highest BCUT2D eigenvalue weighted by atomic mass is 127. The summed E-state index contributed by atoms with van der Waals surface area (Å²) in [5, 5.41) is 1.96. The quantitative estimate of drug-likeness (QED) is 0.233. The van der Waals surface area contributed by atoms with E-state index in [1.807, 2.05) is 28.5 Å². The third-order valence-corrected chi connectivity index (χ3v) is 8.16. The predicted octanol–water partition coefficient (Wildman–Crippen LogP) is 6.31. The number of nitrogens with one attached hydrogen (secondary N) is 1. The van der Waals surface area contributed by atoms with E-state index in [1.54, 1.807) is 24.0 Å². The molecule has 0 atom stereocenters. The van der Waals surface area contributed by atoms with Gasteiger partial charge in [-0.15, -0.1) is 0 Å². The molecule has 3 aromatic heterocycles. The van der Waals surface area contributed by atoms with Crippen molar-refractivity contribution < 1.29 is 4.39 Å². The second-order valence-electron chi connectivity index (χ2n) is 4.78. The SMILES string of the molecule is Fc1ccc2c(-c3ncnc4[nH]ccc34)cn(SP(I)I)c2c1. The smallest absolute Gasteiger partial charge is 0.141 e. The van der Waals surface area contributed by atoms with Crippen LogP contribution >= 0.6 is 58.1 Å². The summed E-state index contributed by atoms with van der Waals surface area (Å²) in [6.45, 7) is 0. The van der Waals surface area contributed by atoms with Crippen molar-refractivity contribution in [2.45, 2.75) is 0 Å². The Balaban J connectivity index is 2.02. The zero-order valence-electron chi connectivity index (χ0n) is 11.4. The maximum Gasteiger partial charge on any atom is 0.141 e. The van der Waals surface area contributed by atoms with Crippen molar-refractivity contribution in [1.82, 2.24) is 18.9 Å². The lowest BCUT2D eigenvalue weighted by atomic mass is 10.1. The molecule has 0 unspecified atom stereocenters. The highest BCUT2D eigenvalue weighted by Crippen LogP contribution is 2.65. The Hall–Kier alpha value is -0.450. The van der Waals surface area contributed by atoms with Gasteiger partial charge in [0.1, 0.15) is 20.2 Å². The minimum Gasteiger partial charge on any atom is -0.346 e. The predicted molar refractivity (Wildman–Crippen MR) is 113 cm³/mol. The van der Waals surface area contributed by atoms with Crippen LogP contribution in [0.25, 0.3) is 33.2 Å². The molecular weight excluding hydrogens is 560 g/mol. The molecule has 4 nitrogen and oxygen atoms in total. The van der Waals surface area contributed by atoms with Crippen molar-refractivity contribution in [2.24, 2.45) is 0 Å². The van der Waals surface area contributed by atoms with E-state index < -0.39 is 0 Å². The van der Waals surface area contributed by atoms with Gasteiger partial charge < -0.3 is 4.98 Å². The summed E-state index contributed by atoms with van der Waals surface area (Å²) in [5.74, 6) is -0.232. The Kier molecular flexibility index (Phi) is 4.50. The molecule has 0 fully saturated rings. The van der Waals surface area contributed by atoms with Gasteiger partial charge >= 0.3 is 0 Å². The van der Waals surface area contributed by atoms with Crippen molar-refractivity contribution in [2.75, 3.05) is 0 Å². The van der Waals surface area contributed by atoms with Gasteiger partial charge in [0, 0.05) is 40.3 Å². The number of nitrogens with zero attached hydrogens (tertiary/aromatic N) is 3. The van der Waals surface area contributed by atoms with Crippen molar-refractivity contribution in [3.63, 3.8) is 0 Å². The van der Waals surface area contributed by atoms with E-state index in [9.17, 15) is 4.39 Å². The molecule has 0 saturated heterocycles. The largest absolute Gasteiger partial charge is 0.346 e. The van der Waals surface area contributed by atoms with Gasteiger partial charge in [-0.25, -0.2) is 14.4 Å². The molecule has 0 spiro atoms. The second-order valence-corrected chi connectivity index (χ2v) is 22.6. The first-order valence-corrected chi connectivity index (χ1v) is 14.8. The summed E-state index contributed by atoms with van der Waals surface area (Å²) in [7, 11) is 0. The fraction of sp³-hybridized carbons (Fsp3) is 0. The van der Waals surface area contributed by atoms with Crippen LogP contribution in [0.1, 0.15) is 0 Å². The summed E-state index contributed by atoms with van der Waals surface area (Å²) in [6, 6.07) is 6.86. The molecule has 0 aliphatic rings. The van der Waals surface area contributed by atoms with Gasteiger partial charge in [-0.05, 0) is 68.3 Å². The van der Waals surface area contributed by atoms with Crippen LogP contribution in [-0.2, 0) is 0 Å². The fourth-order valence-corrected chi connectivity index (χ4v) is 7.33. The molecule has 116 valence electrons. The minimum absolute atomic E-state index is 0.232. The van der Waals surface area contributed by atoms with Gasteiger partial charge in [0.05, 0.1) is 11.2 Å². The highest BCUT2D eigenvalue weighted by Gasteiger charge is 2.16. The number of H-pyrrole nitrogens is 1. The maximum atomic E-state index is 13.7. The highest BCUT2D eigenvalue weighted by molar-refractivity contribution is 14.3. The van der Waals surface area contributed by atoms with Crippen molar-refractivity contribution in [3.05, 3.63) is 48.8 Å². The van der Waals surface area contributed by atoms with E-state index in [4.69, 9.17) is 0 Å². The number of halogens is 3. The minimum atomic E-state index is -0.282. The van der Waals surface area contributed by atoms with Crippen LogP contribution in [0, 0.1) is 5.82 Å². The lowest BCUT2D eigenvalue weighted by Crippen LogP contribution is -1.86. The number of rotatable bonds is 3. The molecule has 23 heavy (non-hydrogen) atoms. The van der Waals surface area contributed by atoms with Crippen molar-refractivity contribution in [1.29, 1.82) is 0 Å². The molecule has 4 rings (SSSR count). The summed E-state index contributed by atoms with van der Waals surface area (Å²) in [4.78, 5) is 11.8. The topological polar surface area (TPSA) is 46.5 Å². The first-order chi connectivity index (χ1) is 11.1. The summed E-state index contributed by atoms with van der Waals surface area (Å²) in [6.07, 6.45) is 5.44. The lowest BCUT2D eigenvalue weighted by molar-refractivity contribution is 0.629. The van der Waals surface area contributed by atoms with E-state index in [-0.39, 0.29) is 8.23 Å². The van der Waals surface area contributed by atoms with E-state index in [0.717, 1.165) is 33.2 Å². The molecule has 1 N–H and O–H groups in total. The van der Waals surface area contributed by atoms with Crippen LogP contribution in [-0.4, -0.2) is 18.9 Å². The Morgan fingerprint density at radius 1 is 1.17 bits per heavy atom. The molecule has 0 amide bonds. The Labute approximate surface area is 162 Å². The zero-order valence-corrected chi connectivity index (χ0v) is 17.4. The van der Waals surface area contributed by atoms with Gasteiger partial charge in [-0.1, -0.05) is 0 Å². The molecular formula is C14H8FI2N4PS. The van der Waals surface area contributed by atoms with Gasteiger partial charge in [-0.3, -0.25) is 3.97 Å². The number of fused-ring (bicyclic) bond motifs is 2. The molecule has 0 saturated carbocycles. The van der Waals surface area contributed by atoms with Crippen LogP contribution in [0.3, 0.4) is 0 Å². The van der Waals surface area contributed by atoms with Crippen LogP contribution in [0.4, 0.5) is 4.39 Å². The fourth-order valence-electron chi connectivity index (χ4n) is 2.58. The molecule has 1 aromatic carbocycles. The first-order valence-electron chi connectivity index (χ1n) is 6.53. The number of aromatic nitrogens is 4. The van der Waals surface area contributed by atoms with Gasteiger partial charge in [0.2, 0.25) is 0 Å². The molecule has 0 radical (unpaired) electrons. The van der Waals surface area contributed by atoms with Crippen LogP contribution in [0.5, 0.6) is 0 Å². The molecule has 0 bridgehead atoms. The average molecular weight is 568 g/mol. The molecule has 4 aromatic rings. The number of hydrogen-bond acceptors (Lipinski definition) is 3. The first kappa shape index (κ1) is 16.0. The summed E-state index contributed by atoms with van der Waals surface area (Å²) in [5.41, 5.74) is 3.52. The van der Waals surface area contributed by atoms with E-state index in [0.29, 0.717) is 0 Å². The van der Waals surface area contributed by atoms with E-state index in [1.165, 1.54) is 6.07 Å². The zero-order chi connectivity index (χ0) is 16.0. The Morgan fingerprint density at radius 2 is 2.04 bits per heavy atom. The van der Waals surface area contributed by atoms with Gasteiger partial charge in [0.15, 0.2) is 0 Å². The van der Waals surface area contributed by atoms with E-state index >= 15 is 0 Å². The normalized spacial score (nSPS) is 11.8. The van der Waals surface area contributed by atoms with Crippen molar-refractivity contribution in [3.8, 4) is 11.3 Å². The maximum absolute atomic E-state index is 13.7. The summed E-state index contributed by atoms with van der Waals surface area (Å²) < 4.78 is 15.5. The molecule has 0 aliphatic heterocycles. The van der Waals surface area contributed by atoms with Gasteiger partial charge in [-0.2, -0.15) is 0 Å². The molecule has 3 heterocycles. The number of hydrogen-bond donors (Lipinski definition) is 1. The van der Waals surface area contributed by atoms with Crippen LogP contribution in [0.15, 0.2) is 43.0 Å². The number of aromatic amines is 1. The Morgan fingerprint density at radius 3 is 2.87 bits per heavy atom. The third kappa shape index (κ3) is 2.98. The third-order valence-electron chi connectivity index (χ3n) is 3.49. The average Bonchev–Trinajstić information content (AvgIpc) is 3.11. The van der Waals surface area contributed by atoms with Gasteiger partial charge in [0.25, 0.3) is 0 Å². The van der Waals surface area contributed by atoms with E-state index in [2.05, 4.69) is 59.0 Å². The monoisotopic (exact) mass is 568 g/mol. The molecule has 9 heteroatoms. The summed E-state index contributed by atoms with van der Waals surface area (Å²) >= 11 is 6.48. The van der Waals surface area contributed by atoms with Crippen molar-refractivity contribution >= 4 is 80.0 Å². The lowest BCUT2D eigenvalue weighted by Gasteiger charge is -2.03. The Bertz CT molecular complexity index is 1020. The second kappa shape index (κ2) is 6.45. The van der Waals surface area contributed by atoms with Crippen LogP contribution < -0.4 is 0 Å².